The molecule has 4 nitrogen and oxygen atoms in total. The highest BCUT2D eigenvalue weighted by molar-refractivity contribution is 5.73. The molecule has 0 atom stereocenters. The molecule has 2 rings (SSSR count). The van der Waals surface area contributed by atoms with Gasteiger partial charge in [0.2, 0.25) is 0 Å². The molecule has 0 aliphatic carbocycles. The second kappa shape index (κ2) is 5.10. The number of rotatable bonds is 3. The van der Waals surface area contributed by atoms with Gasteiger partial charge in [-0.2, -0.15) is 0 Å². The van der Waals surface area contributed by atoms with Gasteiger partial charge in [-0.3, -0.25) is 0 Å². The van der Waals surface area contributed by atoms with E-state index in [0.717, 1.165) is 17.5 Å². The van der Waals surface area contributed by atoms with Gasteiger partial charge in [-0.05, 0) is 29.7 Å². The summed E-state index contributed by atoms with van der Waals surface area (Å²) in [4.78, 5) is 0. The number of nitrogen functional groups attached to an aromatic ring is 4. The van der Waals surface area contributed by atoms with E-state index in [0.29, 0.717) is 22.7 Å². The molecule has 0 spiro atoms. The summed E-state index contributed by atoms with van der Waals surface area (Å²) in [5.74, 6) is 0.104. The fourth-order valence-electron chi connectivity index (χ4n) is 2.42. The van der Waals surface area contributed by atoms with Crippen LogP contribution in [-0.4, -0.2) is 0 Å². The lowest BCUT2D eigenvalue weighted by Crippen LogP contribution is -2.09. The zero-order valence-electron chi connectivity index (χ0n) is 11.1. The standard InChI is InChI=1S/C15H20N4/c1-2-9(10-5-3-7-12(16)14(10)18)11-6-4-8-13(17)15(11)19/h3-9H,2,16-19H2,1H3. The second-order valence-electron chi connectivity index (χ2n) is 4.66. The van der Waals surface area contributed by atoms with Crippen molar-refractivity contribution in [3.63, 3.8) is 0 Å². The number of anilines is 4. The molecule has 2 aromatic rings. The lowest BCUT2D eigenvalue weighted by Gasteiger charge is -2.21. The minimum Gasteiger partial charge on any atom is -0.397 e. The predicted molar refractivity (Wildman–Crippen MR) is 82.7 cm³/mol. The first-order valence-electron chi connectivity index (χ1n) is 6.34. The summed E-state index contributed by atoms with van der Waals surface area (Å²) in [5.41, 5.74) is 28.4. The molecule has 0 aromatic heterocycles. The highest BCUT2D eigenvalue weighted by Gasteiger charge is 2.18. The van der Waals surface area contributed by atoms with E-state index in [1.165, 1.54) is 0 Å². The molecule has 4 heteroatoms. The molecular formula is C15H20N4. The van der Waals surface area contributed by atoms with E-state index in [9.17, 15) is 0 Å². The van der Waals surface area contributed by atoms with Gasteiger partial charge in [-0.1, -0.05) is 31.2 Å². The summed E-state index contributed by atoms with van der Waals surface area (Å²) in [5, 5.41) is 0. The predicted octanol–water partition coefficient (Wildman–Crippen LogP) is 2.56. The first kappa shape index (κ1) is 13.1. The van der Waals surface area contributed by atoms with E-state index in [1.807, 2.05) is 24.3 Å². The van der Waals surface area contributed by atoms with Gasteiger partial charge in [0.05, 0.1) is 22.7 Å². The summed E-state index contributed by atoms with van der Waals surface area (Å²) in [7, 11) is 0. The molecule has 0 unspecified atom stereocenters. The maximum atomic E-state index is 6.09. The molecule has 0 fully saturated rings. The third-order valence-electron chi connectivity index (χ3n) is 3.51. The monoisotopic (exact) mass is 256 g/mol. The van der Waals surface area contributed by atoms with Gasteiger partial charge in [-0.25, -0.2) is 0 Å². The zero-order valence-corrected chi connectivity index (χ0v) is 11.1. The van der Waals surface area contributed by atoms with Gasteiger partial charge >= 0.3 is 0 Å². The summed E-state index contributed by atoms with van der Waals surface area (Å²) >= 11 is 0. The van der Waals surface area contributed by atoms with Crippen LogP contribution in [0.5, 0.6) is 0 Å². The first-order chi connectivity index (χ1) is 9.06. The van der Waals surface area contributed by atoms with Gasteiger partial charge in [0.1, 0.15) is 0 Å². The van der Waals surface area contributed by atoms with Gasteiger partial charge in [0.25, 0.3) is 0 Å². The largest absolute Gasteiger partial charge is 0.397 e. The van der Waals surface area contributed by atoms with E-state index < -0.39 is 0 Å². The topological polar surface area (TPSA) is 104 Å². The van der Waals surface area contributed by atoms with Crippen molar-refractivity contribution >= 4 is 22.7 Å². The average molecular weight is 256 g/mol. The van der Waals surface area contributed by atoms with Crippen molar-refractivity contribution in [2.45, 2.75) is 19.3 Å². The van der Waals surface area contributed by atoms with E-state index >= 15 is 0 Å². The molecule has 0 bridgehead atoms. The fraction of sp³-hybridized carbons (Fsp3) is 0.200. The van der Waals surface area contributed by atoms with Crippen LogP contribution in [0.4, 0.5) is 22.7 Å². The number of para-hydroxylation sites is 2. The van der Waals surface area contributed by atoms with Crippen LogP contribution < -0.4 is 22.9 Å². The number of benzene rings is 2. The van der Waals surface area contributed by atoms with E-state index in [-0.39, 0.29) is 5.92 Å². The number of hydrogen-bond donors (Lipinski definition) is 4. The Labute approximate surface area is 113 Å². The molecule has 0 aliphatic heterocycles. The Morgan fingerprint density at radius 3 is 1.58 bits per heavy atom. The van der Waals surface area contributed by atoms with Crippen molar-refractivity contribution in [1.82, 2.24) is 0 Å². The third-order valence-corrected chi connectivity index (χ3v) is 3.51. The molecule has 2 aromatic carbocycles. The van der Waals surface area contributed by atoms with Crippen molar-refractivity contribution in [1.29, 1.82) is 0 Å². The lowest BCUT2D eigenvalue weighted by atomic mass is 9.86. The van der Waals surface area contributed by atoms with Gasteiger partial charge < -0.3 is 22.9 Å². The maximum Gasteiger partial charge on any atom is 0.0586 e. The van der Waals surface area contributed by atoms with Crippen molar-refractivity contribution in [3.05, 3.63) is 47.5 Å². The second-order valence-corrected chi connectivity index (χ2v) is 4.66. The minimum absolute atomic E-state index is 0.104. The molecule has 0 saturated heterocycles. The molecule has 0 amide bonds. The van der Waals surface area contributed by atoms with Crippen LogP contribution in [0.3, 0.4) is 0 Å². The number of hydrogen-bond acceptors (Lipinski definition) is 4. The highest BCUT2D eigenvalue weighted by atomic mass is 14.7. The van der Waals surface area contributed by atoms with Crippen LogP contribution in [0.15, 0.2) is 36.4 Å². The third kappa shape index (κ3) is 2.29. The highest BCUT2D eigenvalue weighted by Crippen LogP contribution is 2.38. The van der Waals surface area contributed by atoms with Crippen molar-refractivity contribution in [2.75, 3.05) is 22.9 Å². The quantitative estimate of drug-likeness (QED) is 0.633. The minimum atomic E-state index is 0.104. The van der Waals surface area contributed by atoms with Crippen molar-refractivity contribution in [3.8, 4) is 0 Å². The Morgan fingerprint density at radius 2 is 1.21 bits per heavy atom. The summed E-state index contributed by atoms with van der Waals surface area (Å²) < 4.78 is 0. The van der Waals surface area contributed by atoms with Crippen LogP contribution in [-0.2, 0) is 0 Å². The Balaban J connectivity index is 2.57. The van der Waals surface area contributed by atoms with Crippen LogP contribution >= 0.6 is 0 Å². The van der Waals surface area contributed by atoms with Crippen LogP contribution in [0.25, 0.3) is 0 Å². The average Bonchev–Trinajstić information content (AvgIpc) is 2.40. The van der Waals surface area contributed by atoms with Gasteiger partial charge in [0.15, 0.2) is 0 Å². The van der Waals surface area contributed by atoms with E-state index in [4.69, 9.17) is 22.9 Å². The maximum absolute atomic E-state index is 6.09. The summed E-state index contributed by atoms with van der Waals surface area (Å²) in [6, 6.07) is 11.4. The summed E-state index contributed by atoms with van der Waals surface area (Å²) in [6.45, 7) is 2.09. The van der Waals surface area contributed by atoms with Crippen LogP contribution in [0.2, 0.25) is 0 Å². The Kier molecular flexibility index (Phi) is 3.51. The molecule has 8 N–H and O–H groups in total. The van der Waals surface area contributed by atoms with Crippen LogP contribution in [0.1, 0.15) is 30.4 Å². The van der Waals surface area contributed by atoms with E-state index in [2.05, 4.69) is 6.92 Å². The smallest absolute Gasteiger partial charge is 0.0586 e. The number of nitrogens with two attached hydrogens (primary N) is 4. The Bertz CT molecular complexity index is 541. The Hall–Kier alpha value is -2.36. The molecule has 0 aliphatic rings. The molecule has 0 heterocycles. The Morgan fingerprint density at radius 1 is 0.789 bits per heavy atom. The first-order valence-corrected chi connectivity index (χ1v) is 6.34. The normalized spacial score (nSPS) is 10.8. The fourth-order valence-corrected chi connectivity index (χ4v) is 2.42. The lowest BCUT2D eigenvalue weighted by molar-refractivity contribution is 0.782. The molecule has 0 saturated carbocycles. The molecule has 100 valence electrons. The van der Waals surface area contributed by atoms with Crippen molar-refractivity contribution in [2.24, 2.45) is 0 Å². The van der Waals surface area contributed by atoms with Crippen molar-refractivity contribution < 1.29 is 0 Å². The molecule has 0 radical (unpaired) electrons. The van der Waals surface area contributed by atoms with Gasteiger partial charge in [0, 0.05) is 5.92 Å². The van der Waals surface area contributed by atoms with Crippen LogP contribution in [0, 0.1) is 0 Å². The molecule has 19 heavy (non-hydrogen) atoms. The summed E-state index contributed by atoms with van der Waals surface area (Å²) in [6.07, 6.45) is 0.876. The molecular weight excluding hydrogens is 236 g/mol. The van der Waals surface area contributed by atoms with Gasteiger partial charge in [-0.15, -0.1) is 0 Å². The SMILES string of the molecule is CCC(c1cccc(N)c1N)c1cccc(N)c1N. The van der Waals surface area contributed by atoms with E-state index in [1.54, 1.807) is 12.1 Å². The zero-order chi connectivity index (χ0) is 14.0.